The van der Waals surface area contributed by atoms with Crippen molar-refractivity contribution < 1.29 is 14.6 Å². The van der Waals surface area contributed by atoms with Crippen molar-refractivity contribution in [3.63, 3.8) is 0 Å². The minimum Gasteiger partial charge on any atom is -0.481 e. The van der Waals surface area contributed by atoms with E-state index in [1.165, 1.54) is 7.11 Å². The summed E-state index contributed by atoms with van der Waals surface area (Å²) < 4.78 is 5.19. The fourth-order valence-corrected chi connectivity index (χ4v) is 1.97. The number of nitrogens with zero attached hydrogens (tertiary/aromatic N) is 2. The molecule has 20 heavy (non-hydrogen) atoms. The van der Waals surface area contributed by atoms with Crippen LogP contribution in [0.1, 0.15) is 12.0 Å². The number of hydrogen-bond donors (Lipinski definition) is 1. The quantitative estimate of drug-likeness (QED) is 0.917. The van der Waals surface area contributed by atoms with Gasteiger partial charge in [0.15, 0.2) is 5.82 Å². The van der Waals surface area contributed by atoms with Gasteiger partial charge in [-0.3, -0.25) is 4.79 Å². The second kappa shape index (κ2) is 6.34. The lowest BCUT2D eigenvalue weighted by atomic mass is 10.1. The number of benzene rings is 1. The van der Waals surface area contributed by atoms with Crippen molar-refractivity contribution in [2.24, 2.45) is 0 Å². The molecule has 1 N–H and O–H groups in total. The van der Waals surface area contributed by atoms with E-state index in [2.05, 4.69) is 9.97 Å². The highest BCUT2D eigenvalue weighted by molar-refractivity contribution is 6.33. The molecule has 0 bridgehead atoms. The minimum absolute atomic E-state index is 0.00512. The van der Waals surface area contributed by atoms with E-state index in [1.54, 1.807) is 12.3 Å². The summed E-state index contributed by atoms with van der Waals surface area (Å²) in [6.07, 6.45) is 1.90. The number of carboxylic acid groups (broad SMARTS) is 1. The van der Waals surface area contributed by atoms with Crippen LogP contribution in [0.5, 0.6) is 5.88 Å². The molecule has 0 amide bonds. The van der Waals surface area contributed by atoms with Crippen LogP contribution in [-0.4, -0.2) is 28.2 Å². The highest BCUT2D eigenvalue weighted by Crippen LogP contribution is 2.27. The number of hydrogen-bond acceptors (Lipinski definition) is 4. The van der Waals surface area contributed by atoms with Crippen molar-refractivity contribution in [1.29, 1.82) is 0 Å². The first-order valence-corrected chi connectivity index (χ1v) is 6.36. The summed E-state index contributed by atoms with van der Waals surface area (Å²) in [4.78, 5) is 19.1. The maximum atomic E-state index is 10.6. The van der Waals surface area contributed by atoms with Crippen LogP contribution in [0.4, 0.5) is 0 Å². The van der Waals surface area contributed by atoms with Crippen LogP contribution in [0.2, 0.25) is 5.02 Å². The van der Waals surface area contributed by atoms with Crippen molar-refractivity contribution in [2.75, 3.05) is 7.11 Å². The summed E-state index contributed by atoms with van der Waals surface area (Å²) in [5, 5.41) is 9.26. The number of aliphatic carboxylic acids is 1. The topological polar surface area (TPSA) is 72.3 Å². The van der Waals surface area contributed by atoms with E-state index < -0.39 is 5.97 Å². The Labute approximate surface area is 121 Å². The maximum Gasteiger partial charge on any atom is 0.303 e. The second-order valence-corrected chi connectivity index (χ2v) is 4.51. The van der Waals surface area contributed by atoms with Gasteiger partial charge in [0.25, 0.3) is 0 Å². The molecule has 2 rings (SSSR count). The lowest BCUT2D eigenvalue weighted by Crippen LogP contribution is -2.03. The number of carbonyl (C=O) groups is 1. The van der Waals surface area contributed by atoms with Crippen molar-refractivity contribution >= 4 is 17.6 Å². The zero-order valence-corrected chi connectivity index (χ0v) is 11.6. The molecule has 0 aliphatic rings. The van der Waals surface area contributed by atoms with Gasteiger partial charge in [-0.25, -0.2) is 4.98 Å². The van der Waals surface area contributed by atoms with E-state index in [1.807, 2.05) is 18.2 Å². The van der Waals surface area contributed by atoms with Gasteiger partial charge in [-0.15, -0.1) is 0 Å². The third kappa shape index (κ3) is 3.24. The Balaban J connectivity index is 2.34. The Hall–Kier alpha value is -2.14. The first-order valence-electron chi connectivity index (χ1n) is 5.98. The summed E-state index contributed by atoms with van der Waals surface area (Å²) in [5.74, 6) is -0.0510. The third-order valence-corrected chi connectivity index (χ3v) is 3.07. The molecule has 0 aliphatic carbocycles. The predicted octanol–water partition coefficient (Wildman–Crippen LogP) is 2.82. The normalized spacial score (nSPS) is 10.3. The molecule has 0 radical (unpaired) electrons. The van der Waals surface area contributed by atoms with Crippen LogP contribution in [0.15, 0.2) is 30.5 Å². The maximum absolute atomic E-state index is 10.6. The highest BCUT2D eigenvalue weighted by Gasteiger charge is 2.12. The van der Waals surface area contributed by atoms with Crippen LogP contribution >= 0.6 is 11.6 Å². The minimum atomic E-state index is -0.873. The standard InChI is InChI=1S/C14H13ClN2O3/c1-20-14-9(6-7-12(18)19)8-16-13(17-14)10-4-2-3-5-11(10)15/h2-5,8H,6-7H2,1H3,(H,18,19). The molecule has 0 spiro atoms. The number of methoxy groups -OCH3 is 1. The molecule has 6 heteroatoms. The Kier molecular flexibility index (Phi) is 4.53. The van der Waals surface area contributed by atoms with Crippen LogP contribution in [0.25, 0.3) is 11.4 Å². The lowest BCUT2D eigenvalue weighted by molar-refractivity contribution is -0.136. The van der Waals surface area contributed by atoms with Crippen LogP contribution < -0.4 is 4.74 Å². The van der Waals surface area contributed by atoms with Crippen molar-refractivity contribution in [3.05, 3.63) is 41.0 Å². The fraction of sp³-hybridized carbons (Fsp3) is 0.214. The van der Waals surface area contributed by atoms with Gasteiger partial charge >= 0.3 is 5.97 Å². The van der Waals surface area contributed by atoms with E-state index >= 15 is 0 Å². The molecule has 0 atom stereocenters. The van der Waals surface area contributed by atoms with Crippen molar-refractivity contribution in [1.82, 2.24) is 9.97 Å². The average molecular weight is 293 g/mol. The van der Waals surface area contributed by atoms with Gasteiger partial charge in [0.05, 0.1) is 12.1 Å². The molecule has 1 aromatic heterocycles. The molecule has 0 unspecified atom stereocenters. The number of halogens is 1. The van der Waals surface area contributed by atoms with Gasteiger partial charge < -0.3 is 9.84 Å². The van der Waals surface area contributed by atoms with E-state index in [-0.39, 0.29) is 6.42 Å². The monoisotopic (exact) mass is 292 g/mol. The first-order chi connectivity index (χ1) is 9.61. The molecular weight excluding hydrogens is 280 g/mol. The lowest BCUT2D eigenvalue weighted by Gasteiger charge is -2.09. The summed E-state index contributed by atoms with van der Waals surface area (Å²) >= 11 is 6.10. The highest BCUT2D eigenvalue weighted by atomic mass is 35.5. The summed E-state index contributed by atoms with van der Waals surface area (Å²) in [7, 11) is 1.49. The summed E-state index contributed by atoms with van der Waals surface area (Å²) in [5.41, 5.74) is 1.36. The Morgan fingerprint density at radius 1 is 1.40 bits per heavy atom. The summed E-state index contributed by atoms with van der Waals surface area (Å²) in [6, 6.07) is 7.23. The summed E-state index contributed by atoms with van der Waals surface area (Å²) in [6.45, 7) is 0. The van der Waals surface area contributed by atoms with E-state index in [0.717, 1.165) is 0 Å². The van der Waals surface area contributed by atoms with Crippen LogP contribution in [0.3, 0.4) is 0 Å². The van der Waals surface area contributed by atoms with E-state index in [4.69, 9.17) is 21.4 Å². The first kappa shape index (κ1) is 14.3. The SMILES string of the molecule is COc1nc(-c2ccccc2Cl)ncc1CCC(=O)O. The molecule has 0 fully saturated rings. The molecule has 5 nitrogen and oxygen atoms in total. The molecule has 0 saturated heterocycles. The molecular formula is C14H13ClN2O3. The van der Waals surface area contributed by atoms with Gasteiger partial charge in [-0.2, -0.15) is 4.98 Å². The van der Waals surface area contributed by atoms with Gasteiger partial charge in [0.1, 0.15) is 0 Å². The van der Waals surface area contributed by atoms with Gasteiger partial charge in [0, 0.05) is 23.7 Å². The second-order valence-electron chi connectivity index (χ2n) is 4.10. The number of ether oxygens (including phenoxy) is 1. The molecule has 1 heterocycles. The zero-order valence-electron chi connectivity index (χ0n) is 10.8. The van der Waals surface area contributed by atoms with E-state index in [9.17, 15) is 4.79 Å². The van der Waals surface area contributed by atoms with Crippen LogP contribution in [0, 0.1) is 0 Å². The third-order valence-electron chi connectivity index (χ3n) is 2.74. The number of aromatic nitrogens is 2. The van der Waals surface area contributed by atoms with Crippen molar-refractivity contribution in [2.45, 2.75) is 12.8 Å². The number of rotatable bonds is 5. The fourth-order valence-electron chi connectivity index (χ4n) is 1.75. The largest absolute Gasteiger partial charge is 0.481 e. The van der Waals surface area contributed by atoms with Crippen LogP contribution in [-0.2, 0) is 11.2 Å². The molecule has 104 valence electrons. The average Bonchev–Trinajstić information content (AvgIpc) is 2.45. The van der Waals surface area contributed by atoms with Gasteiger partial charge in [0.2, 0.25) is 5.88 Å². The molecule has 0 saturated carbocycles. The van der Waals surface area contributed by atoms with Gasteiger partial charge in [-0.1, -0.05) is 23.7 Å². The zero-order chi connectivity index (χ0) is 14.5. The Bertz CT molecular complexity index is 632. The molecule has 2 aromatic rings. The molecule has 1 aromatic carbocycles. The Morgan fingerprint density at radius 2 is 2.15 bits per heavy atom. The number of aryl methyl sites for hydroxylation is 1. The van der Waals surface area contributed by atoms with Crippen molar-refractivity contribution in [3.8, 4) is 17.3 Å². The van der Waals surface area contributed by atoms with Gasteiger partial charge in [-0.05, 0) is 18.6 Å². The van der Waals surface area contributed by atoms with E-state index in [0.29, 0.717) is 34.3 Å². The molecule has 0 aliphatic heterocycles. The Morgan fingerprint density at radius 3 is 2.80 bits per heavy atom. The predicted molar refractivity (Wildman–Crippen MR) is 75.0 cm³/mol. The smallest absolute Gasteiger partial charge is 0.303 e. The number of carboxylic acids is 1.